The summed E-state index contributed by atoms with van der Waals surface area (Å²) in [6, 6.07) is 4.10. The maximum absolute atomic E-state index is 13.2. The summed E-state index contributed by atoms with van der Waals surface area (Å²) in [6.45, 7) is 4.75. The molecule has 3 fully saturated rings. The van der Waals surface area contributed by atoms with Crippen LogP contribution >= 0.6 is 0 Å². The lowest BCUT2D eigenvalue weighted by Gasteiger charge is -2.43. The molecule has 1 amide bonds. The summed E-state index contributed by atoms with van der Waals surface area (Å²) in [6.07, 6.45) is 5.89. The first-order valence-corrected chi connectivity index (χ1v) is 11.3. The average Bonchev–Trinajstić information content (AvgIpc) is 3.57. The van der Waals surface area contributed by atoms with Gasteiger partial charge in [-0.3, -0.25) is 19.3 Å². The van der Waals surface area contributed by atoms with Gasteiger partial charge in [0.05, 0.1) is 7.11 Å². The zero-order valence-corrected chi connectivity index (χ0v) is 17.8. The molecule has 0 unspecified atom stereocenters. The minimum atomic E-state index is -0.946. The van der Waals surface area contributed by atoms with Crippen LogP contribution in [0.3, 0.4) is 0 Å². The van der Waals surface area contributed by atoms with E-state index in [-0.39, 0.29) is 23.3 Å². The van der Waals surface area contributed by atoms with Crippen molar-refractivity contribution < 1.29 is 14.3 Å². The van der Waals surface area contributed by atoms with E-state index in [4.69, 9.17) is 4.74 Å². The summed E-state index contributed by atoms with van der Waals surface area (Å²) in [5.41, 5.74) is 1.12. The fourth-order valence-corrected chi connectivity index (χ4v) is 5.76. The Morgan fingerprint density at radius 3 is 2.57 bits per heavy atom. The number of piperidine rings is 2. The number of esters is 1. The van der Waals surface area contributed by atoms with Crippen molar-refractivity contribution in [2.45, 2.75) is 57.5 Å². The molecular formula is C23H31N3O4. The van der Waals surface area contributed by atoms with Gasteiger partial charge in [-0.05, 0) is 57.2 Å². The van der Waals surface area contributed by atoms with Crippen molar-refractivity contribution in [3.63, 3.8) is 0 Å². The third-order valence-corrected chi connectivity index (χ3v) is 7.55. The number of hydrogen-bond donors (Lipinski definition) is 0. The molecule has 4 heterocycles. The van der Waals surface area contributed by atoms with Gasteiger partial charge in [0.2, 0.25) is 5.91 Å². The molecule has 1 aromatic rings. The highest BCUT2D eigenvalue weighted by Crippen LogP contribution is 2.49. The zero-order chi connectivity index (χ0) is 20.9. The lowest BCUT2D eigenvalue weighted by atomic mass is 9.82. The van der Waals surface area contributed by atoms with Crippen molar-refractivity contribution in [3.05, 3.63) is 33.7 Å². The van der Waals surface area contributed by atoms with E-state index in [2.05, 4.69) is 11.0 Å². The number of pyridine rings is 1. The quantitative estimate of drug-likeness (QED) is 0.555. The van der Waals surface area contributed by atoms with Gasteiger partial charge in [-0.15, -0.1) is 0 Å². The molecule has 0 aromatic carbocycles. The average molecular weight is 414 g/mol. The maximum Gasteiger partial charge on any atom is 0.321 e. The molecule has 1 aromatic heterocycles. The molecule has 1 aliphatic carbocycles. The highest BCUT2D eigenvalue weighted by atomic mass is 16.5. The Hall–Kier alpha value is -2.15. The van der Waals surface area contributed by atoms with Gasteiger partial charge in [-0.1, -0.05) is 12.5 Å². The Balaban J connectivity index is 1.35. The summed E-state index contributed by atoms with van der Waals surface area (Å²) < 4.78 is 6.86. The van der Waals surface area contributed by atoms with E-state index in [0.29, 0.717) is 32.5 Å². The summed E-state index contributed by atoms with van der Waals surface area (Å²) in [5, 5.41) is 0. The number of fused-ring (bicyclic) bond motifs is 4. The van der Waals surface area contributed by atoms with Gasteiger partial charge >= 0.3 is 5.97 Å². The molecule has 30 heavy (non-hydrogen) atoms. The standard InChI is InChI=1S/C23H31N3O4/c1-30-22(29)23(7-8-23)21(28)25-12-16-11-18(15-25)19-6-5-17(20(27)26(19)13-16)14-24-9-3-2-4-10-24/h5-6,16,18H,2-4,7-15H2,1H3/t16-,18+/m0/s1. The molecule has 162 valence electrons. The van der Waals surface area contributed by atoms with Gasteiger partial charge in [0.15, 0.2) is 0 Å². The third kappa shape index (κ3) is 3.27. The van der Waals surface area contributed by atoms with E-state index in [1.165, 1.54) is 26.4 Å². The van der Waals surface area contributed by atoms with Crippen molar-refractivity contribution in [1.82, 2.24) is 14.4 Å². The first-order valence-electron chi connectivity index (χ1n) is 11.3. The van der Waals surface area contributed by atoms with E-state index < -0.39 is 11.4 Å². The van der Waals surface area contributed by atoms with Crippen LogP contribution in [0.15, 0.2) is 16.9 Å². The van der Waals surface area contributed by atoms with Gasteiger partial charge < -0.3 is 14.2 Å². The summed E-state index contributed by atoms with van der Waals surface area (Å²) in [4.78, 5) is 42.7. The van der Waals surface area contributed by atoms with Crippen LogP contribution in [0.5, 0.6) is 0 Å². The van der Waals surface area contributed by atoms with Crippen molar-refractivity contribution in [2.24, 2.45) is 11.3 Å². The van der Waals surface area contributed by atoms with Crippen LogP contribution in [0.4, 0.5) is 0 Å². The van der Waals surface area contributed by atoms with Crippen LogP contribution in [0.2, 0.25) is 0 Å². The van der Waals surface area contributed by atoms with Crippen LogP contribution in [0.25, 0.3) is 0 Å². The predicted octanol–water partition coefficient (Wildman–Crippen LogP) is 1.73. The normalized spacial score (nSPS) is 27.3. The first-order chi connectivity index (χ1) is 14.5. The number of ether oxygens (including phenoxy) is 1. The number of aromatic nitrogens is 1. The summed E-state index contributed by atoms with van der Waals surface area (Å²) in [5.74, 6) is -0.0630. The van der Waals surface area contributed by atoms with Gasteiger partial charge in [-0.2, -0.15) is 0 Å². The molecule has 4 aliphatic rings. The van der Waals surface area contributed by atoms with Gasteiger partial charge in [-0.25, -0.2) is 0 Å². The molecule has 0 N–H and O–H groups in total. The Labute approximate surface area is 177 Å². The van der Waals surface area contributed by atoms with Crippen LogP contribution in [-0.2, 0) is 27.4 Å². The van der Waals surface area contributed by atoms with Crippen LogP contribution in [0, 0.1) is 11.3 Å². The Kier molecular flexibility index (Phi) is 4.96. The van der Waals surface area contributed by atoms with Crippen LogP contribution < -0.4 is 5.56 Å². The molecule has 7 nitrogen and oxygen atoms in total. The number of hydrogen-bond acceptors (Lipinski definition) is 5. The van der Waals surface area contributed by atoms with Gasteiger partial charge in [0, 0.05) is 43.4 Å². The number of nitrogens with zero attached hydrogens (tertiary/aromatic N) is 3. The Morgan fingerprint density at radius 1 is 1.10 bits per heavy atom. The number of carbonyl (C=O) groups excluding carboxylic acids is 2. The molecular weight excluding hydrogens is 382 g/mol. The van der Waals surface area contributed by atoms with Gasteiger partial charge in [0.25, 0.3) is 5.56 Å². The second kappa shape index (κ2) is 7.52. The molecule has 2 saturated heterocycles. The Morgan fingerprint density at radius 2 is 1.87 bits per heavy atom. The molecule has 2 bridgehead atoms. The highest BCUT2D eigenvalue weighted by Gasteiger charge is 2.60. The lowest BCUT2D eigenvalue weighted by molar-refractivity contribution is -0.157. The largest absolute Gasteiger partial charge is 0.468 e. The Bertz CT molecular complexity index is 914. The molecule has 2 atom stereocenters. The fraction of sp³-hybridized carbons (Fsp3) is 0.696. The zero-order valence-electron chi connectivity index (χ0n) is 17.8. The number of amides is 1. The number of carbonyl (C=O) groups is 2. The molecule has 0 radical (unpaired) electrons. The minimum Gasteiger partial charge on any atom is -0.468 e. The number of likely N-dealkylation sites (tertiary alicyclic amines) is 2. The second-order valence-electron chi connectivity index (χ2n) is 9.62. The van der Waals surface area contributed by atoms with Crippen molar-refractivity contribution in [3.8, 4) is 0 Å². The van der Waals surface area contributed by atoms with Crippen LogP contribution in [0.1, 0.15) is 55.7 Å². The molecule has 7 heteroatoms. The summed E-state index contributed by atoms with van der Waals surface area (Å²) in [7, 11) is 1.35. The molecule has 1 saturated carbocycles. The number of methoxy groups -OCH3 is 1. The van der Waals surface area contributed by atoms with E-state index >= 15 is 0 Å². The highest BCUT2D eigenvalue weighted by molar-refractivity contribution is 6.05. The van der Waals surface area contributed by atoms with E-state index in [1.54, 1.807) is 0 Å². The smallest absolute Gasteiger partial charge is 0.321 e. The second-order valence-corrected chi connectivity index (χ2v) is 9.62. The lowest BCUT2D eigenvalue weighted by Crippen LogP contribution is -2.52. The fourth-order valence-electron chi connectivity index (χ4n) is 5.76. The van der Waals surface area contributed by atoms with E-state index in [9.17, 15) is 14.4 Å². The van der Waals surface area contributed by atoms with E-state index in [0.717, 1.165) is 37.3 Å². The number of rotatable bonds is 4. The van der Waals surface area contributed by atoms with Gasteiger partial charge in [0.1, 0.15) is 5.41 Å². The van der Waals surface area contributed by atoms with Crippen molar-refractivity contribution in [2.75, 3.05) is 33.3 Å². The molecule has 5 rings (SSSR count). The van der Waals surface area contributed by atoms with E-state index in [1.807, 2.05) is 15.5 Å². The van der Waals surface area contributed by atoms with Crippen molar-refractivity contribution in [1.29, 1.82) is 0 Å². The van der Waals surface area contributed by atoms with Crippen LogP contribution in [-0.4, -0.2) is 59.5 Å². The first kappa shape index (κ1) is 19.8. The molecule has 3 aliphatic heterocycles. The maximum atomic E-state index is 13.2. The predicted molar refractivity (Wildman–Crippen MR) is 111 cm³/mol. The SMILES string of the molecule is COC(=O)C1(C(=O)N2C[C@@H]3C[C@H](C2)c2ccc(CN4CCCCC4)c(=O)n2C3)CC1. The molecule has 0 spiro atoms. The third-order valence-electron chi connectivity index (χ3n) is 7.55. The summed E-state index contributed by atoms with van der Waals surface area (Å²) >= 11 is 0. The topological polar surface area (TPSA) is 71.9 Å². The monoisotopic (exact) mass is 413 g/mol. The minimum absolute atomic E-state index is 0.0819. The van der Waals surface area contributed by atoms with Crippen molar-refractivity contribution >= 4 is 11.9 Å².